The maximum atomic E-state index is 14.1. The van der Waals surface area contributed by atoms with Gasteiger partial charge in [0.15, 0.2) is 0 Å². The van der Waals surface area contributed by atoms with E-state index < -0.39 is 17.6 Å². The van der Waals surface area contributed by atoms with Gasteiger partial charge in [0, 0.05) is 50.3 Å². The largest absolute Gasteiger partial charge is 0.481 e. The van der Waals surface area contributed by atoms with Crippen LogP contribution >= 0.6 is 0 Å². The number of nitrogens with zero attached hydrogens (tertiary/aromatic N) is 2. The Kier molecular flexibility index (Phi) is 7.12. The van der Waals surface area contributed by atoms with E-state index in [-0.39, 0.29) is 12.5 Å². The third-order valence-corrected chi connectivity index (χ3v) is 4.67. The Balaban J connectivity index is 1.84. The van der Waals surface area contributed by atoms with Gasteiger partial charge in [0.25, 0.3) is 0 Å². The smallest absolute Gasteiger partial charge is 0.303 e. The van der Waals surface area contributed by atoms with Gasteiger partial charge < -0.3 is 10.0 Å². The van der Waals surface area contributed by atoms with Crippen molar-refractivity contribution >= 4 is 5.97 Å². The molecule has 0 aliphatic carbocycles. The quantitative estimate of drug-likeness (QED) is 0.738. The summed E-state index contributed by atoms with van der Waals surface area (Å²) in [6.45, 7) is 6.40. The fourth-order valence-corrected chi connectivity index (χ4v) is 3.36. The number of aliphatic carboxylic acids is 1. The molecule has 1 N–H and O–H groups in total. The average Bonchev–Trinajstić information content (AvgIpc) is 2.55. The first-order chi connectivity index (χ1) is 11.5. The van der Waals surface area contributed by atoms with Crippen LogP contribution in [0.5, 0.6) is 0 Å². The standard InChI is InChI=1S/C18H26F2N2O2/c1-2-17(15-7-6-14(19)13-16(15)20)22-11-9-21(10-12-22)8-4-3-5-18(23)24/h6-7,13,17H,2-5,8-12H2,1H3,(H,23,24). The highest BCUT2D eigenvalue weighted by atomic mass is 19.1. The normalized spacial score (nSPS) is 17.8. The van der Waals surface area contributed by atoms with Crippen molar-refractivity contribution in [3.8, 4) is 0 Å². The van der Waals surface area contributed by atoms with Gasteiger partial charge in [0.2, 0.25) is 0 Å². The molecule has 1 atom stereocenters. The van der Waals surface area contributed by atoms with Crippen molar-refractivity contribution < 1.29 is 18.7 Å². The fourth-order valence-electron chi connectivity index (χ4n) is 3.36. The number of carbonyl (C=O) groups is 1. The molecule has 0 saturated carbocycles. The Morgan fingerprint density at radius 1 is 1.21 bits per heavy atom. The minimum Gasteiger partial charge on any atom is -0.481 e. The number of carboxylic acids is 1. The van der Waals surface area contributed by atoms with E-state index in [9.17, 15) is 13.6 Å². The van der Waals surface area contributed by atoms with Crippen molar-refractivity contribution in [2.24, 2.45) is 0 Å². The summed E-state index contributed by atoms with van der Waals surface area (Å²) in [5.41, 5.74) is 0.564. The maximum Gasteiger partial charge on any atom is 0.303 e. The van der Waals surface area contributed by atoms with Gasteiger partial charge in [-0.15, -0.1) is 0 Å². The number of unbranched alkanes of at least 4 members (excludes halogenated alkanes) is 1. The van der Waals surface area contributed by atoms with E-state index in [1.807, 2.05) is 6.92 Å². The molecule has 1 aliphatic rings. The van der Waals surface area contributed by atoms with E-state index in [1.165, 1.54) is 6.07 Å². The molecule has 0 amide bonds. The number of hydrogen-bond acceptors (Lipinski definition) is 3. The SMILES string of the molecule is CCC(c1ccc(F)cc1F)N1CCN(CCCCC(=O)O)CC1. The summed E-state index contributed by atoms with van der Waals surface area (Å²) in [6, 6.07) is 3.80. The summed E-state index contributed by atoms with van der Waals surface area (Å²) >= 11 is 0. The monoisotopic (exact) mass is 340 g/mol. The summed E-state index contributed by atoms with van der Waals surface area (Å²) in [5.74, 6) is -1.76. The first-order valence-electron chi connectivity index (χ1n) is 8.64. The average molecular weight is 340 g/mol. The van der Waals surface area contributed by atoms with E-state index in [0.29, 0.717) is 12.0 Å². The molecule has 134 valence electrons. The van der Waals surface area contributed by atoms with Crippen LogP contribution in [0.4, 0.5) is 8.78 Å². The lowest BCUT2D eigenvalue weighted by Gasteiger charge is -2.39. The van der Waals surface area contributed by atoms with E-state index in [2.05, 4.69) is 9.80 Å². The van der Waals surface area contributed by atoms with Gasteiger partial charge >= 0.3 is 5.97 Å². The molecule has 0 spiro atoms. The zero-order valence-corrected chi connectivity index (χ0v) is 14.2. The molecule has 1 aliphatic heterocycles. The summed E-state index contributed by atoms with van der Waals surface area (Å²) in [5, 5.41) is 8.65. The highest BCUT2D eigenvalue weighted by molar-refractivity contribution is 5.66. The van der Waals surface area contributed by atoms with Crippen LogP contribution in [0.25, 0.3) is 0 Å². The van der Waals surface area contributed by atoms with Crippen LogP contribution in [0.3, 0.4) is 0 Å². The molecular formula is C18H26F2N2O2. The van der Waals surface area contributed by atoms with Gasteiger partial charge in [-0.2, -0.15) is 0 Å². The Bertz CT molecular complexity index is 546. The van der Waals surface area contributed by atoms with Crippen LogP contribution in [-0.2, 0) is 4.79 Å². The predicted octanol–water partition coefficient (Wildman–Crippen LogP) is 3.29. The number of benzene rings is 1. The van der Waals surface area contributed by atoms with Crippen LogP contribution in [0.2, 0.25) is 0 Å². The summed E-state index contributed by atoms with van der Waals surface area (Å²) in [4.78, 5) is 15.1. The molecule has 1 unspecified atom stereocenters. The second-order valence-electron chi connectivity index (χ2n) is 6.32. The van der Waals surface area contributed by atoms with E-state index >= 15 is 0 Å². The molecule has 1 saturated heterocycles. The molecule has 2 rings (SSSR count). The molecular weight excluding hydrogens is 314 g/mol. The van der Waals surface area contributed by atoms with Crippen molar-refractivity contribution in [3.05, 3.63) is 35.4 Å². The van der Waals surface area contributed by atoms with Crippen LogP contribution in [0.15, 0.2) is 18.2 Å². The minimum atomic E-state index is -0.744. The Hall–Kier alpha value is -1.53. The number of hydrogen-bond donors (Lipinski definition) is 1. The van der Waals surface area contributed by atoms with Crippen molar-refractivity contribution in [1.29, 1.82) is 0 Å². The summed E-state index contributed by atoms with van der Waals surface area (Å²) < 4.78 is 27.2. The van der Waals surface area contributed by atoms with Crippen molar-refractivity contribution in [1.82, 2.24) is 9.80 Å². The van der Waals surface area contributed by atoms with E-state index in [1.54, 1.807) is 6.07 Å². The van der Waals surface area contributed by atoms with Crippen molar-refractivity contribution in [3.63, 3.8) is 0 Å². The third-order valence-electron chi connectivity index (χ3n) is 4.67. The molecule has 0 bridgehead atoms. The Morgan fingerprint density at radius 3 is 2.50 bits per heavy atom. The van der Waals surface area contributed by atoms with E-state index in [0.717, 1.165) is 51.6 Å². The minimum absolute atomic E-state index is 0.0280. The lowest BCUT2D eigenvalue weighted by atomic mass is 10.0. The Labute approximate surface area is 142 Å². The topological polar surface area (TPSA) is 43.8 Å². The van der Waals surface area contributed by atoms with Crippen LogP contribution in [0, 0.1) is 11.6 Å². The molecule has 4 nitrogen and oxygen atoms in total. The van der Waals surface area contributed by atoms with Gasteiger partial charge in [0.1, 0.15) is 11.6 Å². The maximum absolute atomic E-state index is 14.1. The Morgan fingerprint density at radius 2 is 1.92 bits per heavy atom. The lowest BCUT2D eigenvalue weighted by Crippen LogP contribution is -2.47. The molecule has 0 aromatic heterocycles. The zero-order valence-electron chi connectivity index (χ0n) is 14.2. The van der Waals surface area contributed by atoms with Crippen molar-refractivity contribution in [2.45, 2.75) is 38.6 Å². The van der Waals surface area contributed by atoms with Gasteiger partial charge in [-0.05, 0) is 31.9 Å². The highest BCUT2D eigenvalue weighted by Crippen LogP contribution is 2.28. The van der Waals surface area contributed by atoms with Gasteiger partial charge in [0.05, 0.1) is 0 Å². The zero-order chi connectivity index (χ0) is 17.5. The first kappa shape index (κ1) is 18.8. The second kappa shape index (κ2) is 9.08. The highest BCUT2D eigenvalue weighted by Gasteiger charge is 2.25. The molecule has 1 fully saturated rings. The molecule has 6 heteroatoms. The number of carboxylic acid groups (broad SMARTS) is 1. The molecule has 1 aromatic carbocycles. The molecule has 1 heterocycles. The molecule has 24 heavy (non-hydrogen) atoms. The summed E-state index contributed by atoms with van der Waals surface area (Å²) in [7, 11) is 0. The number of rotatable bonds is 8. The summed E-state index contributed by atoms with van der Waals surface area (Å²) in [6.07, 6.45) is 2.59. The second-order valence-corrected chi connectivity index (χ2v) is 6.32. The van der Waals surface area contributed by atoms with Gasteiger partial charge in [-0.1, -0.05) is 13.0 Å². The number of piperazine rings is 1. The van der Waals surface area contributed by atoms with Crippen molar-refractivity contribution in [2.75, 3.05) is 32.7 Å². The fraction of sp³-hybridized carbons (Fsp3) is 0.611. The van der Waals surface area contributed by atoms with E-state index in [4.69, 9.17) is 5.11 Å². The predicted molar refractivity (Wildman–Crippen MR) is 88.9 cm³/mol. The van der Waals surface area contributed by atoms with Crippen LogP contribution < -0.4 is 0 Å². The lowest BCUT2D eigenvalue weighted by molar-refractivity contribution is -0.137. The first-order valence-corrected chi connectivity index (χ1v) is 8.64. The third kappa shape index (κ3) is 5.24. The molecule has 0 radical (unpaired) electrons. The van der Waals surface area contributed by atoms with Crippen LogP contribution in [0.1, 0.15) is 44.2 Å². The number of halogens is 2. The van der Waals surface area contributed by atoms with Crippen LogP contribution in [-0.4, -0.2) is 53.6 Å². The van der Waals surface area contributed by atoms with Gasteiger partial charge in [-0.25, -0.2) is 8.78 Å². The van der Waals surface area contributed by atoms with Gasteiger partial charge in [-0.3, -0.25) is 9.69 Å². The molecule has 1 aromatic rings.